The Balaban J connectivity index is 2.58. The van der Waals surface area contributed by atoms with Crippen molar-refractivity contribution in [3.8, 4) is 0 Å². The predicted molar refractivity (Wildman–Crippen MR) is 67.2 cm³/mol. The lowest BCUT2D eigenvalue weighted by atomic mass is 10.0. The first-order valence-electron chi connectivity index (χ1n) is 5.71. The third-order valence-corrected chi connectivity index (χ3v) is 3.17. The summed E-state index contributed by atoms with van der Waals surface area (Å²) in [5.41, 5.74) is 4.81. The lowest BCUT2D eigenvalue weighted by Crippen LogP contribution is -2.47. The number of ether oxygens (including phenoxy) is 1. The highest BCUT2D eigenvalue weighted by atomic mass is 32.1. The Bertz CT molecular complexity index is 275. The second-order valence-electron chi connectivity index (χ2n) is 4.28. The summed E-state index contributed by atoms with van der Waals surface area (Å²) in [6.45, 7) is 5.75. The molecule has 1 rings (SSSR count). The molecule has 1 aliphatic heterocycles. The molecule has 1 aliphatic rings. The van der Waals surface area contributed by atoms with Gasteiger partial charge < -0.3 is 15.4 Å². The first-order chi connectivity index (χ1) is 7.49. The average Bonchev–Trinajstić information content (AvgIpc) is 2.66. The number of hydrogen-bond acceptors (Lipinski definition) is 3. The second kappa shape index (κ2) is 5.59. The van der Waals surface area contributed by atoms with Crippen molar-refractivity contribution in [2.45, 2.75) is 38.7 Å². The highest BCUT2D eigenvalue weighted by Crippen LogP contribution is 2.27. The zero-order chi connectivity index (χ0) is 12.2. The van der Waals surface area contributed by atoms with Gasteiger partial charge in [-0.05, 0) is 26.7 Å². The molecule has 0 aromatic heterocycles. The van der Waals surface area contributed by atoms with Crippen LogP contribution in [0.15, 0.2) is 0 Å². The van der Waals surface area contributed by atoms with E-state index in [2.05, 4.69) is 0 Å². The van der Waals surface area contributed by atoms with Crippen molar-refractivity contribution in [2.75, 3.05) is 19.7 Å². The van der Waals surface area contributed by atoms with Gasteiger partial charge in [-0.25, -0.2) is 0 Å². The Hall–Kier alpha value is -0.680. The van der Waals surface area contributed by atoms with Crippen molar-refractivity contribution >= 4 is 23.1 Å². The third kappa shape index (κ3) is 3.15. The summed E-state index contributed by atoms with van der Waals surface area (Å²) in [6.07, 6.45) is 2.33. The number of carbonyl (C=O) groups is 1. The fourth-order valence-electron chi connectivity index (χ4n) is 1.93. The quantitative estimate of drug-likeness (QED) is 0.735. The van der Waals surface area contributed by atoms with E-state index in [1.807, 2.05) is 13.8 Å². The summed E-state index contributed by atoms with van der Waals surface area (Å²) in [5, 5.41) is 0. The zero-order valence-corrected chi connectivity index (χ0v) is 10.8. The van der Waals surface area contributed by atoms with E-state index >= 15 is 0 Å². The summed E-state index contributed by atoms with van der Waals surface area (Å²) in [5.74, 6) is 0.0590. The Morgan fingerprint density at radius 1 is 1.62 bits per heavy atom. The summed E-state index contributed by atoms with van der Waals surface area (Å²) >= 11 is 4.82. The first kappa shape index (κ1) is 13.4. The van der Waals surface area contributed by atoms with Gasteiger partial charge in [0.05, 0.1) is 4.99 Å². The lowest BCUT2D eigenvalue weighted by Gasteiger charge is -2.30. The van der Waals surface area contributed by atoms with E-state index in [9.17, 15) is 4.79 Å². The number of thiocarbonyl (C=S) groups is 1. The van der Waals surface area contributed by atoms with Crippen LogP contribution in [0.5, 0.6) is 0 Å². The fraction of sp³-hybridized carbons (Fsp3) is 0.818. The van der Waals surface area contributed by atoms with Crippen molar-refractivity contribution in [3.05, 3.63) is 0 Å². The van der Waals surface area contributed by atoms with Crippen LogP contribution in [0.4, 0.5) is 0 Å². The molecular weight excluding hydrogens is 224 g/mol. The van der Waals surface area contributed by atoms with E-state index in [-0.39, 0.29) is 5.91 Å². The number of likely N-dealkylation sites (N-methyl/N-ethyl adjacent to an activating group) is 1. The molecule has 1 atom stereocenters. The molecule has 0 saturated carbocycles. The Morgan fingerprint density at radius 3 is 2.75 bits per heavy atom. The monoisotopic (exact) mass is 244 g/mol. The van der Waals surface area contributed by atoms with Crippen LogP contribution in [0.1, 0.15) is 33.1 Å². The predicted octanol–water partition coefficient (Wildman–Crippen LogP) is 1.08. The molecule has 16 heavy (non-hydrogen) atoms. The van der Waals surface area contributed by atoms with Crippen molar-refractivity contribution in [1.29, 1.82) is 0 Å². The maximum Gasteiger partial charge on any atom is 0.254 e. The zero-order valence-electron chi connectivity index (χ0n) is 9.99. The maximum absolute atomic E-state index is 12.2. The van der Waals surface area contributed by atoms with Crippen LogP contribution in [-0.4, -0.2) is 41.1 Å². The van der Waals surface area contributed by atoms with Crippen molar-refractivity contribution in [2.24, 2.45) is 5.73 Å². The van der Waals surface area contributed by atoms with Gasteiger partial charge in [0.15, 0.2) is 0 Å². The molecule has 0 aromatic rings. The topological polar surface area (TPSA) is 55.6 Å². The molecule has 1 unspecified atom stereocenters. The molecule has 0 bridgehead atoms. The first-order valence-corrected chi connectivity index (χ1v) is 6.12. The normalized spacial score (nSPS) is 24.4. The van der Waals surface area contributed by atoms with Crippen LogP contribution in [-0.2, 0) is 9.53 Å². The molecule has 92 valence electrons. The van der Waals surface area contributed by atoms with Gasteiger partial charge in [-0.3, -0.25) is 4.79 Å². The van der Waals surface area contributed by atoms with Crippen LogP contribution in [0, 0.1) is 0 Å². The van der Waals surface area contributed by atoms with Gasteiger partial charge >= 0.3 is 0 Å². The van der Waals surface area contributed by atoms with Crippen LogP contribution < -0.4 is 5.73 Å². The maximum atomic E-state index is 12.2. The fourth-order valence-corrected chi connectivity index (χ4v) is 2.02. The van der Waals surface area contributed by atoms with Crippen molar-refractivity contribution in [1.82, 2.24) is 4.90 Å². The largest absolute Gasteiger partial charge is 0.393 e. The summed E-state index contributed by atoms with van der Waals surface area (Å²) in [4.78, 5) is 14.4. The molecule has 1 saturated heterocycles. The summed E-state index contributed by atoms with van der Waals surface area (Å²) < 4.78 is 5.54. The molecule has 1 fully saturated rings. The van der Waals surface area contributed by atoms with Crippen molar-refractivity contribution < 1.29 is 9.53 Å². The molecule has 1 amide bonds. The molecule has 0 aromatic carbocycles. The Kier molecular flexibility index (Phi) is 4.68. The standard InChI is InChI=1S/C11H20N2O2S/c1-3-13(7-5-9(12)16)10(14)11(2)6-4-8-15-11/h3-8H2,1-2H3,(H2,12,16). The molecule has 4 nitrogen and oxygen atoms in total. The van der Waals surface area contributed by atoms with Crippen LogP contribution in [0.25, 0.3) is 0 Å². The van der Waals surface area contributed by atoms with Gasteiger partial charge in [-0.15, -0.1) is 0 Å². The van der Waals surface area contributed by atoms with E-state index in [1.54, 1.807) is 4.90 Å². The van der Waals surface area contributed by atoms with E-state index in [0.29, 0.717) is 31.1 Å². The number of rotatable bonds is 5. The van der Waals surface area contributed by atoms with Gasteiger partial charge in [0.1, 0.15) is 5.60 Å². The molecule has 1 heterocycles. The highest BCUT2D eigenvalue weighted by molar-refractivity contribution is 7.80. The van der Waals surface area contributed by atoms with Crippen LogP contribution in [0.2, 0.25) is 0 Å². The Morgan fingerprint density at radius 2 is 2.31 bits per heavy atom. The number of amides is 1. The summed E-state index contributed by atoms with van der Waals surface area (Å²) in [6, 6.07) is 0. The smallest absolute Gasteiger partial charge is 0.254 e. The van der Waals surface area contributed by atoms with E-state index in [4.69, 9.17) is 22.7 Å². The average molecular weight is 244 g/mol. The van der Waals surface area contributed by atoms with Gasteiger partial charge in [-0.1, -0.05) is 12.2 Å². The van der Waals surface area contributed by atoms with Crippen LogP contribution in [0.3, 0.4) is 0 Å². The minimum Gasteiger partial charge on any atom is -0.393 e. The number of nitrogens with zero attached hydrogens (tertiary/aromatic N) is 1. The molecule has 2 N–H and O–H groups in total. The van der Waals surface area contributed by atoms with Gasteiger partial charge in [-0.2, -0.15) is 0 Å². The molecule has 5 heteroatoms. The van der Waals surface area contributed by atoms with E-state index in [0.717, 1.165) is 12.8 Å². The molecule has 0 spiro atoms. The van der Waals surface area contributed by atoms with Crippen molar-refractivity contribution in [3.63, 3.8) is 0 Å². The third-order valence-electron chi connectivity index (χ3n) is 2.97. The minimum absolute atomic E-state index is 0.0590. The lowest BCUT2D eigenvalue weighted by molar-refractivity contribution is -0.150. The number of hydrogen-bond donors (Lipinski definition) is 1. The summed E-state index contributed by atoms with van der Waals surface area (Å²) in [7, 11) is 0. The molecule has 0 aliphatic carbocycles. The Labute approximate surface area is 102 Å². The molecule has 0 radical (unpaired) electrons. The minimum atomic E-state index is -0.633. The second-order valence-corrected chi connectivity index (χ2v) is 4.81. The van der Waals surface area contributed by atoms with E-state index < -0.39 is 5.60 Å². The number of carbonyl (C=O) groups excluding carboxylic acids is 1. The molecular formula is C11H20N2O2S. The highest BCUT2D eigenvalue weighted by Gasteiger charge is 2.40. The number of nitrogens with two attached hydrogens (primary N) is 1. The van der Waals surface area contributed by atoms with Gasteiger partial charge in [0.25, 0.3) is 5.91 Å². The van der Waals surface area contributed by atoms with Crippen LogP contribution >= 0.6 is 12.2 Å². The van der Waals surface area contributed by atoms with Gasteiger partial charge in [0.2, 0.25) is 0 Å². The van der Waals surface area contributed by atoms with E-state index in [1.165, 1.54) is 0 Å². The SMILES string of the molecule is CCN(CCC(N)=S)C(=O)C1(C)CCCO1. The van der Waals surface area contributed by atoms with Gasteiger partial charge in [0, 0.05) is 26.1 Å².